The van der Waals surface area contributed by atoms with Crippen molar-refractivity contribution in [2.24, 2.45) is 0 Å². The van der Waals surface area contributed by atoms with Crippen LogP contribution in [0.2, 0.25) is 0 Å². The minimum atomic E-state index is -0.311. The van der Waals surface area contributed by atoms with Gasteiger partial charge in [-0.05, 0) is 43.2 Å². The number of benzene rings is 2. The van der Waals surface area contributed by atoms with E-state index in [0.717, 1.165) is 10.4 Å². The van der Waals surface area contributed by atoms with Crippen LogP contribution in [0.15, 0.2) is 48.7 Å². The fraction of sp³-hybridized carbons (Fsp3) is 0.238. The highest BCUT2D eigenvalue weighted by molar-refractivity contribution is 7.15. The number of carbonyl (C=O) groups is 1. The van der Waals surface area contributed by atoms with Crippen LogP contribution in [-0.2, 0) is 11.2 Å². The second-order valence-corrected chi connectivity index (χ2v) is 7.22. The first-order valence-corrected chi connectivity index (χ1v) is 9.71. The van der Waals surface area contributed by atoms with Gasteiger partial charge in [0, 0.05) is 17.5 Å². The summed E-state index contributed by atoms with van der Waals surface area (Å²) in [6, 6.07) is 12.4. The number of carbonyl (C=O) groups excluding carboxylic acids is 1. The first-order valence-electron chi connectivity index (χ1n) is 8.89. The Labute approximate surface area is 167 Å². The van der Waals surface area contributed by atoms with Gasteiger partial charge in [-0.25, -0.2) is 9.37 Å². The fourth-order valence-electron chi connectivity index (χ4n) is 2.54. The average Bonchev–Trinajstić information content (AvgIpc) is 3.11. The molecule has 146 valence electrons. The largest absolute Gasteiger partial charge is 0.490 e. The predicted molar refractivity (Wildman–Crippen MR) is 108 cm³/mol. The zero-order chi connectivity index (χ0) is 19.9. The van der Waals surface area contributed by atoms with E-state index >= 15 is 0 Å². The standard InChI is InChI=1S/C21H21FN2O3S/c1-3-26-18-6-4-5-7-19(18)27-13-20(25)24-21-23-12-16(28-21)10-15-9-8-14(2)17(22)11-15/h4-9,11-12H,3,10,13H2,1-2H3,(H,23,24,25). The Morgan fingerprint density at radius 2 is 1.93 bits per heavy atom. The summed E-state index contributed by atoms with van der Waals surface area (Å²) in [6.45, 7) is 3.98. The molecule has 0 saturated heterocycles. The van der Waals surface area contributed by atoms with Crippen LogP contribution in [0.5, 0.6) is 11.5 Å². The monoisotopic (exact) mass is 400 g/mol. The Bertz CT molecular complexity index is 958. The Hall–Kier alpha value is -2.93. The molecular formula is C21H21FN2O3S. The Balaban J connectivity index is 1.54. The van der Waals surface area contributed by atoms with Gasteiger partial charge < -0.3 is 9.47 Å². The number of ether oxygens (including phenoxy) is 2. The molecule has 0 radical (unpaired) electrons. The van der Waals surface area contributed by atoms with Crippen LogP contribution in [0.4, 0.5) is 9.52 Å². The van der Waals surface area contributed by atoms with Crippen molar-refractivity contribution in [2.45, 2.75) is 20.3 Å². The van der Waals surface area contributed by atoms with E-state index in [-0.39, 0.29) is 18.3 Å². The van der Waals surface area contributed by atoms with E-state index in [2.05, 4.69) is 10.3 Å². The molecule has 1 amide bonds. The summed E-state index contributed by atoms with van der Waals surface area (Å²) in [4.78, 5) is 17.3. The molecule has 28 heavy (non-hydrogen) atoms. The number of amides is 1. The van der Waals surface area contributed by atoms with Crippen molar-refractivity contribution >= 4 is 22.4 Å². The molecule has 0 aliphatic rings. The van der Waals surface area contributed by atoms with Crippen LogP contribution in [-0.4, -0.2) is 24.1 Å². The van der Waals surface area contributed by atoms with Crippen LogP contribution in [0, 0.1) is 12.7 Å². The molecule has 7 heteroatoms. The normalized spacial score (nSPS) is 10.5. The summed E-state index contributed by atoms with van der Waals surface area (Å²) in [5, 5.41) is 3.20. The molecule has 0 atom stereocenters. The van der Waals surface area contributed by atoms with Crippen molar-refractivity contribution in [2.75, 3.05) is 18.5 Å². The molecule has 1 aromatic heterocycles. The van der Waals surface area contributed by atoms with Crippen LogP contribution < -0.4 is 14.8 Å². The molecule has 3 rings (SSSR count). The van der Waals surface area contributed by atoms with Gasteiger partial charge in [0.2, 0.25) is 0 Å². The summed E-state index contributed by atoms with van der Waals surface area (Å²) >= 11 is 1.35. The van der Waals surface area contributed by atoms with Crippen molar-refractivity contribution in [3.05, 3.63) is 70.5 Å². The molecule has 0 bridgehead atoms. The van der Waals surface area contributed by atoms with Crippen molar-refractivity contribution in [3.63, 3.8) is 0 Å². The smallest absolute Gasteiger partial charge is 0.264 e. The summed E-state index contributed by atoms with van der Waals surface area (Å²) in [6.07, 6.45) is 2.24. The lowest BCUT2D eigenvalue weighted by Crippen LogP contribution is -2.20. The third-order valence-corrected chi connectivity index (χ3v) is 4.84. The van der Waals surface area contributed by atoms with Gasteiger partial charge in [-0.3, -0.25) is 10.1 Å². The number of aromatic nitrogens is 1. The zero-order valence-corrected chi connectivity index (χ0v) is 16.5. The maximum atomic E-state index is 13.7. The van der Waals surface area contributed by atoms with E-state index in [1.807, 2.05) is 25.1 Å². The minimum Gasteiger partial charge on any atom is -0.490 e. The van der Waals surface area contributed by atoms with Gasteiger partial charge in [-0.1, -0.05) is 24.3 Å². The number of thiazole rings is 1. The van der Waals surface area contributed by atoms with Gasteiger partial charge >= 0.3 is 0 Å². The zero-order valence-electron chi connectivity index (χ0n) is 15.7. The second-order valence-electron chi connectivity index (χ2n) is 6.11. The van der Waals surface area contributed by atoms with Crippen molar-refractivity contribution in [1.82, 2.24) is 4.98 Å². The summed E-state index contributed by atoms with van der Waals surface area (Å²) in [5.74, 6) is 0.578. The minimum absolute atomic E-state index is 0.151. The molecule has 0 fully saturated rings. The van der Waals surface area contributed by atoms with Gasteiger partial charge in [0.15, 0.2) is 23.2 Å². The van der Waals surface area contributed by atoms with Crippen LogP contribution in [0.3, 0.4) is 0 Å². The molecule has 2 aromatic carbocycles. The molecule has 0 aliphatic carbocycles. The quantitative estimate of drug-likeness (QED) is 0.600. The maximum Gasteiger partial charge on any atom is 0.264 e. The molecule has 3 aromatic rings. The third kappa shape index (κ3) is 5.29. The number of nitrogens with one attached hydrogen (secondary N) is 1. The van der Waals surface area contributed by atoms with Crippen LogP contribution in [0.1, 0.15) is 22.9 Å². The SMILES string of the molecule is CCOc1ccccc1OCC(=O)Nc1ncc(Cc2ccc(C)c(F)c2)s1. The molecule has 0 unspecified atom stereocenters. The third-order valence-electron chi connectivity index (χ3n) is 3.92. The number of aryl methyl sites for hydroxylation is 1. The van der Waals surface area contributed by atoms with Gasteiger partial charge in [0.05, 0.1) is 6.61 Å². The Morgan fingerprint density at radius 1 is 1.18 bits per heavy atom. The summed E-state index contributed by atoms with van der Waals surface area (Å²) in [7, 11) is 0. The lowest BCUT2D eigenvalue weighted by Gasteiger charge is -2.10. The highest BCUT2D eigenvalue weighted by Crippen LogP contribution is 2.26. The van der Waals surface area contributed by atoms with Crippen molar-refractivity contribution in [3.8, 4) is 11.5 Å². The molecular weight excluding hydrogens is 379 g/mol. The van der Waals surface area contributed by atoms with E-state index in [1.54, 1.807) is 31.3 Å². The molecule has 0 spiro atoms. The number of hydrogen-bond donors (Lipinski definition) is 1. The molecule has 0 saturated carbocycles. The van der Waals surface area contributed by atoms with Gasteiger partial charge in [0.25, 0.3) is 5.91 Å². The number of halogens is 1. The van der Waals surface area contributed by atoms with Gasteiger partial charge in [0.1, 0.15) is 5.82 Å². The number of anilines is 1. The van der Waals surface area contributed by atoms with E-state index < -0.39 is 0 Å². The second kappa shape index (κ2) is 9.32. The van der Waals surface area contributed by atoms with E-state index in [0.29, 0.717) is 35.2 Å². The van der Waals surface area contributed by atoms with Crippen molar-refractivity contribution in [1.29, 1.82) is 0 Å². The van der Waals surface area contributed by atoms with Gasteiger partial charge in [-0.15, -0.1) is 11.3 Å². The molecule has 1 N–H and O–H groups in total. The van der Waals surface area contributed by atoms with E-state index in [9.17, 15) is 9.18 Å². The number of rotatable bonds is 8. The topological polar surface area (TPSA) is 60.5 Å². The van der Waals surface area contributed by atoms with E-state index in [4.69, 9.17) is 9.47 Å². The highest BCUT2D eigenvalue weighted by atomic mass is 32.1. The number of hydrogen-bond acceptors (Lipinski definition) is 5. The Morgan fingerprint density at radius 3 is 2.64 bits per heavy atom. The van der Waals surface area contributed by atoms with Gasteiger partial charge in [-0.2, -0.15) is 0 Å². The average molecular weight is 400 g/mol. The molecule has 1 heterocycles. The van der Waals surface area contributed by atoms with Crippen LogP contribution >= 0.6 is 11.3 Å². The Kier molecular flexibility index (Phi) is 6.60. The van der Waals surface area contributed by atoms with Crippen LogP contribution in [0.25, 0.3) is 0 Å². The molecule has 0 aliphatic heterocycles. The lowest BCUT2D eigenvalue weighted by molar-refractivity contribution is -0.118. The summed E-state index contributed by atoms with van der Waals surface area (Å²) in [5.41, 5.74) is 1.48. The van der Waals surface area contributed by atoms with E-state index in [1.165, 1.54) is 17.4 Å². The fourth-order valence-corrected chi connectivity index (χ4v) is 3.40. The summed E-state index contributed by atoms with van der Waals surface area (Å²) < 4.78 is 24.7. The first-order chi connectivity index (χ1) is 13.5. The first kappa shape index (κ1) is 19.8. The number of para-hydroxylation sites is 2. The highest BCUT2D eigenvalue weighted by Gasteiger charge is 2.11. The van der Waals surface area contributed by atoms with Crippen molar-refractivity contribution < 1.29 is 18.7 Å². The lowest BCUT2D eigenvalue weighted by atomic mass is 10.1. The predicted octanol–water partition coefficient (Wildman–Crippen LogP) is 4.60. The maximum absolute atomic E-state index is 13.7. The number of nitrogens with zero attached hydrogens (tertiary/aromatic N) is 1. The molecule has 5 nitrogen and oxygen atoms in total.